The summed E-state index contributed by atoms with van der Waals surface area (Å²) in [5, 5.41) is 11.4. The summed E-state index contributed by atoms with van der Waals surface area (Å²) >= 11 is 0. The summed E-state index contributed by atoms with van der Waals surface area (Å²) in [6.07, 6.45) is 2.25. The summed E-state index contributed by atoms with van der Waals surface area (Å²) in [6.45, 7) is 3.68. The van der Waals surface area contributed by atoms with Crippen molar-refractivity contribution < 1.29 is 23.1 Å². The van der Waals surface area contributed by atoms with Crippen LogP contribution in [0.5, 0.6) is 0 Å². The van der Waals surface area contributed by atoms with Crippen molar-refractivity contribution in [3.05, 3.63) is 29.3 Å². The Bertz CT molecular complexity index is 652. The second-order valence-corrected chi connectivity index (χ2v) is 7.37. The molecule has 0 aliphatic carbocycles. The highest BCUT2D eigenvalue weighted by molar-refractivity contribution is 7.92. The van der Waals surface area contributed by atoms with Crippen molar-refractivity contribution in [2.45, 2.75) is 33.1 Å². The van der Waals surface area contributed by atoms with Crippen LogP contribution in [-0.2, 0) is 14.6 Å². The van der Waals surface area contributed by atoms with Crippen LogP contribution in [0.1, 0.15) is 42.1 Å². The molecule has 0 heterocycles. The largest absolute Gasteiger partial charge is 0.478 e. The van der Waals surface area contributed by atoms with Gasteiger partial charge in [-0.3, -0.25) is 4.79 Å². The SMILES string of the molecule is CCCCCS(=O)(=O)CC(=O)Nc1cc(C(=O)O)ccc1C. The molecule has 0 fully saturated rings. The quantitative estimate of drug-likeness (QED) is 0.713. The molecule has 122 valence electrons. The van der Waals surface area contributed by atoms with E-state index >= 15 is 0 Å². The van der Waals surface area contributed by atoms with E-state index in [4.69, 9.17) is 5.11 Å². The summed E-state index contributed by atoms with van der Waals surface area (Å²) in [6, 6.07) is 4.31. The number of carboxylic acids is 1. The standard InChI is InChI=1S/C15H21NO5S/c1-3-4-5-8-22(20,21)10-14(17)16-13-9-12(15(18)19)7-6-11(13)2/h6-7,9H,3-5,8,10H2,1-2H3,(H,16,17)(H,18,19). The number of carbonyl (C=O) groups excluding carboxylic acids is 1. The fraction of sp³-hybridized carbons (Fsp3) is 0.467. The third-order valence-electron chi connectivity index (χ3n) is 3.17. The zero-order valence-electron chi connectivity index (χ0n) is 12.8. The molecule has 0 atom stereocenters. The highest BCUT2D eigenvalue weighted by Crippen LogP contribution is 2.17. The van der Waals surface area contributed by atoms with Crippen molar-refractivity contribution in [2.75, 3.05) is 16.8 Å². The predicted octanol–water partition coefficient (Wildman–Crippen LogP) is 2.24. The Hall–Kier alpha value is -1.89. The van der Waals surface area contributed by atoms with Gasteiger partial charge in [0.15, 0.2) is 9.84 Å². The normalized spacial score (nSPS) is 11.2. The van der Waals surface area contributed by atoms with Gasteiger partial charge in [0.1, 0.15) is 5.75 Å². The Morgan fingerprint density at radius 1 is 1.23 bits per heavy atom. The lowest BCUT2D eigenvalue weighted by Crippen LogP contribution is -2.25. The van der Waals surface area contributed by atoms with E-state index in [1.165, 1.54) is 12.1 Å². The average molecular weight is 327 g/mol. The first kappa shape index (κ1) is 18.2. The lowest BCUT2D eigenvalue weighted by Gasteiger charge is -2.10. The minimum Gasteiger partial charge on any atom is -0.478 e. The number of hydrogen-bond acceptors (Lipinski definition) is 4. The van der Waals surface area contributed by atoms with Gasteiger partial charge in [0.05, 0.1) is 11.3 Å². The lowest BCUT2D eigenvalue weighted by molar-refractivity contribution is -0.113. The molecule has 0 bridgehead atoms. The van der Waals surface area contributed by atoms with Gasteiger partial charge in [-0.05, 0) is 31.0 Å². The summed E-state index contributed by atoms with van der Waals surface area (Å²) in [7, 11) is -3.44. The number of unbranched alkanes of at least 4 members (excludes halogenated alkanes) is 2. The highest BCUT2D eigenvalue weighted by atomic mass is 32.2. The molecule has 0 aromatic heterocycles. The number of carboxylic acid groups (broad SMARTS) is 1. The lowest BCUT2D eigenvalue weighted by atomic mass is 10.1. The molecular formula is C15H21NO5S. The van der Waals surface area contributed by atoms with Gasteiger partial charge in [0.2, 0.25) is 5.91 Å². The van der Waals surface area contributed by atoms with Gasteiger partial charge in [0, 0.05) is 5.69 Å². The molecule has 1 aromatic rings. The molecule has 0 unspecified atom stereocenters. The first-order valence-corrected chi connectivity index (χ1v) is 8.91. The fourth-order valence-electron chi connectivity index (χ4n) is 1.92. The second-order valence-electron chi connectivity index (χ2n) is 5.18. The van der Waals surface area contributed by atoms with Gasteiger partial charge in [-0.15, -0.1) is 0 Å². The highest BCUT2D eigenvalue weighted by Gasteiger charge is 2.17. The number of benzene rings is 1. The number of sulfone groups is 1. The van der Waals surface area contributed by atoms with Gasteiger partial charge in [-0.1, -0.05) is 25.8 Å². The molecule has 1 rings (SSSR count). The van der Waals surface area contributed by atoms with Crippen LogP contribution in [0.2, 0.25) is 0 Å². The minimum absolute atomic E-state index is 0.0115. The molecule has 0 aliphatic rings. The van der Waals surface area contributed by atoms with Crippen LogP contribution in [0, 0.1) is 6.92 Å². The minimum atomic E-state index is -3.44. The van der Waals surface area contributed by atoms with E-state index in [1.807, 2.05) is 6.92 Å². The summed E-state index contributed by atoms with van der Waals surface area (Å²) < 4.78 is 23.6. The fourth-order valence-corrected chi connectivity index (χ4v) is 3.18. The molecule has 22 heavy (non-hydrogen) atoms. The maximum Gasteiger partial charge on any atom is 0.335 e. The van der Waals surface area contributed by atoms with Crippen molar-refractivity contribution in [3.63, 3.8) is 0 Å². The zero-order chi connectivity index (χ0) is 16.8. The third-order valence-corrected chi connectivity index (χ3v) is 4.78. The number of aryl methyl sites for hydroxylation is 1. The van der Waals surface area contributed by atoms with E-state index in [9.17, 15) is 18.0 Å². The molecule has 0 spiro atoms. The molecular weight excluding hydrogens is 306 g/mol. The van der Waals surface area contributed by atoms with E-state index in [0.29, 0.717) is 17.7 Å². The summed E-state index contributed by atoms with van der Waals surface area (Å²) in [5.41, 5.74) is 1.02. The molecule has 1 amide bonds. The molecule has 6 nitrogen and oxygen atoms in total. The first-order valence-electron chi connectivity index (χ1n) is 7.09. The summed E-state index contributed by atoms with van der Waals surface area (Å²) in [5.74, 6) is -2.36. The topological polar surface area (TPSA) is 101 Å². The van der Waals surface area contributed by atoms with Crippen LogP contribution in [0.3, 0.4) is 0 Å². The van der Waals surface area contributed by atoms with Crippen molar-refractivity contribution in [3.8, 4) is 0 Å². The van der Waals surface area contributed by atoms with E-state index in [1.54, 1.807) is 13.0 Å². The van der Waals surface area contributed by atoms with Crippen LogP contribution >= 0.6 is 0 Å². The first-order chi connectivity index (χ1) is 10.2. The maximum atomic E-state index is 11.9. The predicted molar refractivity (Wildman–Crippen MR) is 84.9 cm³/mol. The number of anilines is 1. The molecule has 0 saturated heterocycles. The van der Waals surface area contributed by atoms with Gasteiger partial charge >= 0.3 is 5.97 Å². The van der Waals surface area contributed by atoms with E-state index in [0.717, 1.165) is 12.8 Å². The van der Waals surface area contributed by atoms with Crippen molar-refractivity contribution in [1.29, 1.82) is 0 Å². The second kappa shape index (κ2) is 7.93. The number of amides is 1. The van der Waals surface area contributed by atoms with Crippen LogP contribution in [0.15, 0.2) is 18.2 Å². The zero-order valence-corrected chi connectivity index (χ0v) is 13.6. The number of aromatic carboxylic acids is 1. The number of nitrogens with one attached hydrogen (secondary N) is 1. The van der Waals surface area contributed by atoms with Gasteiger partial charge in [-0.2, -0.15) is 0 Å². The van der Waals surface area contributed by atoms with Gasteiger partial charge in [0.25, 0.3) is 0 Å². The molecule has 0 radical (unpaired) electrons. The number of rotatable bonds is 8. The Balaban J connectivity index is 2.73. The van der Waals surface area contributed by atoms with E-state index < -0.39 is 27.5 Å². The number of hydrogen-bond donors (Lipinski definition) is 2. The molecule has 2 N–H and O–H groups in total. The smallest absolute Gasteiger partial charge is 0.335 e. The molecule has 0 aliphatic heterocycles. The van der Waals surface area contributed by atoms with E-state index in [2.05, 4.69) is 5.32 Å². The Labute approximate surface area is 130 Å². The average Bonchev–Trinajstić information content (AvgIpc) is 2.40. The number of carbonyl (C=O) groups is 2. The Morgan fingerprint density at radius 2 is 1.91 bits per heavy atom. The van der Waals surface area contributed by atoms with Crippen LogP contribution < -0.4 is 5.32 Å². The van der Waals surface area contributed by atoms with E-state index in [-0.39, 0.29) is 11.3 Å². The van der Waals surface area contributed by atoms with Crippen molar-refractivity contribution in [1.82, 2.24) is 0 Å². The van der Waals surface area contributed by atoms with Crippen LogP contribution in [-0.4, -0.2) is 36.9 Å². The Morgan fingerprint density at radius 3 is 2.50 bits per heavy atom. The third kappa shape index (κ3) is 5.85. The molecule has 7 heteroatoms. The summed E-state index contributed by atoms with van der Waals surface area (Å²) in [4.78, 5) is 22.8. The molecule has 0 saturated carbocycles. The van der Waals surface area contributed by atoms with Crippen LogP contribution in [0.25, 0.3) is 0 Å². The molecule has 1 aromatic carbocycles. The Kier molecular flexibility index (Phi) is 6.55. The van der Waals surface area contributed by atoms with Crippen molar-refractivity contribution >= 4 is 27.4 Å². The van der Waals surface area contributed by atoms with Crippen LogP contribution in [0.4, 0.5) is 5.69 Å². The van der Waals surface area contributed by atoms with Crippen molar-refractivity contribution in [2.24, 2.45) is 0 Å². The maximum absolute atomic E-state index is 11.9. The van der Waals surface area contributed by atoms with Gasteiger partial charge < -0.3 is 10.4 Å². The monoisotopic (exact) mass is 327 g/mol. The van der Waals surface area contributed by atoms with Gasteiger partial charge in [-0.25, -0.2) is 13.2 Å².